The quantitative estimate of drug-likeness (QED) is 0.0356. The van der Waals surface area contributed by atoms with Crippen molar-refractivity contribution in [3.05, 3.63) is 266 Å². The van der Waals surface area contributed by atoms with E-state index in [1.165, 1.54) is 406 Å². The van der Waals surface area contributed by atoms with Gasteiger partial charge >= 0.3 is 0 Å². The third-order valence-electron chi connectivity index (χ3n) is 29.1. The van der Waals surface area contributed by atoms with Gasteiger partial charge in [0.25, 0.3) is 0 Å². The molecule has 3 nitrogen and oxygen atoms in total. The van der Waals surface area contributed by atoms with Crippen LogP contribution in [0.4, 0.5) is 17.1 Å². The van der Waals surface area contributed by atoms with E-state index in [4.69, 9.17) is 4.37 Å². The smallest absolute Gasteiger partial charge is 0.112 e. The minimum atomic E-state index is 0.0910. The maximum Gasteiger partial charge on any atom is 0.112 e. The minimum Gasteiger partial charge on any atom is -0.311 e. The summed E-state index contributed by atoms with van der Waals surface area (Å²) in [5.74, 6) is 0. The van der Waals surface area contributed by atoms with Crippen LogP contribution in [-0.4, -0.2) is 8.75 Å². The van der Waals surface area contributed by atoms with Crippen molar-refractivity contribution in [3.63, 3.8) is 0 Å². The average Bonchev–Trinajstić information content (AvgIpc) is 1.55. The molecule has 4 heteroatoms. The molecule has 0 N–H and O–H groups in total. The highest BCUT2D eigenvalue weighted by Crippen LogP contribution is 2.59. The van der Waals surface area contributed by atoms with Crippen LogP contribution in [0.15, 0.2) is 194 Å². The molecule has 666 valence electrons. The molecule has 0 saturated carbocycles. The van der Waals surface area contributed by atoms with Crippen molar-refractivity contribution in [3.8, 4) is 55.6 Å². The zero-order chi connectivity index (χ0) is 87.8. The Kier molecular flexibility index (Phi) is 37.5. The first-order valence-electron chi connectivity index (χ1n) is 51.2. The summed E-state index contributed by atoms with van der Waals surface area (Å²) in [5, 5.41) is 0. The van der Waals surface area contributed by atoms with Crippen LogP contribution in [0.25, 0.3) is 66.7 Å². The largest absolute Gasteiger partial charge is 0.311 e. The second kappa shape index (κ2) is 48.8. The number of hydrogen-bond acceptors (Lipinski definition) is 4. The Morgan fingerprint density at radius 3 is 0.824 bits per heavy atom. The average molecular weight is 1690 g/mol. The van der Waals surface area contributed by atoms with Gasteiger partial charge in [-0.3, -0.25) is 0 Å². The van der Waals surface area contributed by atoms with Crippen LogP contribution in [-0.2, 0) is 22.7 Å². The normalized spacial score (nSPS) is 13.4. The first-order chi connectivity index (χ1) is 61.2. The summed E-state index contributed by atoms with van der Waals surface area (Å²) >= 11 is 1.33. The Bertz CT molecular complexity index is 4980. The van der Waals surface area contributed by atoms with E-state index in [1.54, 1.807) is 33.4 Å². The van der Waals surface area contributed by atoms with Gasteiger partial charge < -0.3 is 4.90 Å². The van der Waals surface area contributed by atoms with Gasteiger partial charge in [0, 0.05) is 38.9 Å². The molecule has 0 bridgehead atoms. The fourth-order valence-electron chi connectivity index (χ4n) is 21.9. The van der Waals surface area contributed by atoms with E-state index in [2.05, 4.69) is 293 Å². The van der Waals surface area contributed by atoms with E-state index in [-0.39, 0.29) is 16.2 Å². The second-order valence-electron chi connectivity index (χ2n) is 38.9. The molecule has 0 aliphatic heterocycles. The summed E-state index contributed by atoms with van der Waals surface area (Å²) in [6.45, 7) is 29.6. The SMILES string of the molecule is CCCCCCCCC1(CCCCCCCC)c2cc(C)ccc2-c2ccc(-c3ccc(C)c4nsnc34)cc21.CCCCCCCCC1(CCCCCCCC)c2cc(C)ccc2-c2ccc(-c3ccc(N(c4ccc(C)cc4)c4ccc(CCCC)cc4)cc3)cc21.CCCCCCCCC1(CCCCCCCC)c2cc(C)ccc2-c2ccc(C)cc21. The van der Waals surface area contributed by atoms with E-state index < -0.39 is 0 Å². The molecular weight excluding hydrogens is 1530 g/mol. The number of unbranched alkanes of at least 4 members (excludes halogenated alkanes) is 31. The Morgan fingerprint density at radius 1 is 0.224 bits per heavy atom. The summed E-state index contributed by atoms with van der Waals surface area (Å²) in [6, 6.07) is 75.8. The summed E-state index contributed by atoms with van der Waals surface area (Å²) in [4.78, 5) is 2.40. The molecule has 1 heterocycles. The molecule has 0 radical (unpaired) electrons. The van der Waals surface area contributed by atoms with Crippen LogP contribution in [0.3, 0.4) is 0 Å². The molecular formula is C121H161N3S. The lowest BCUT2D eigenvalue weighted by molar-refractivity contribution is 0.397. The standard InChI is InChI=1S/C53H67N.C37H48N2S.C31H46/c1-6-9-12-14-16-18-37-53(38-19-17-15-13-10-7-2)51-39-42(5)23-35-49(51)50-36-28-45(40-52(50)53)44-26-33-48(34-27-44)54(46-29-21-41(4)22-30-46)47-31-24-43(25-32-47)20-11-8-3;1-5-7-9-11-13-15-23-37(24-16-14-12-10-8-6-2)33-25-27(3)17-20-31(33)32-22-19-29(26-34(32)37)30-21-18-28(4)35-36(30)39-40-38-35;1-5-7-9-11-13-15-21-31(22-16-14-12-10-8-6-2)29-23-25(3)17-19-27(29)28-20-18-26(4)24-30(28)31/h21-36,39-40H,6-20,37-38H2,1-5H3;17-22,25-26H,5-16,23-24H2,1-4H3;17-20,23-24H,5-16,21-22H2,1-4H3. The molecule has 10 aromatic carbocycles. The first-order valence-corrected chi connectivity index (χ1v) is 51.9. The third-order valence-corrected chi connectivity index (χ3v) is 29.7. The molecule has 0 amide bonds. The fraction of sp³-hybridized carbons (Fsp3) is 0.504. The van der Waals surface area contributed by atoms with E-state index >= 15 is 0 Å². The molecule has 0 spiro atoms. The van der Waals surface area contributed by atoms with Crippen LogP contribution >= 0.6 is 11.7 Å². The Labute approximate surface area is 765 Å². The second-order valence-corrected chi connectivity index (χ2v) is 39.5. The maximum atomic E-state index is 4.74. The van der Waals surface area contributed by atoms with Crippen molar-refractivity contribution in [2.24, 2.45) is 0 Å². The van der Waals surface area contributed by atoms with Gasteiger partial charge in [-0.2, -0.15) is 8.75 Å². The predicted molar refractivity (Wildman–Crippen MR) is 549 cm³/mol. The summed E-state index contributed by atoms with van der Waals surface area (Å²) < 4.78 is 9.36. The van der Waals surface area contributed by atoms with Crippen LogP contribution in [0.5, 0.6) is 0 Å². The van der Waals surface area contributed by atoms with E-state index in [0.717, 1.165) is 17.5 Å². The maximum absolute atomic E-state index is 4.74. The summed E-state index contributed by atoms with van der Waals surface area (Å²) in [5.41, 5.74) is 39.2. The molecule has 3 aliphatic rings. The highest BCUT2D eigenvalue weighted by Gasteiger charge is 2.46. The van der Waals surface area contributed by atoms with Crippen molar-refractivity contribution in [1.29, 1.82) is 0 Å². The molecule has 3 aliphatic carbocycles. The van der Waals surface area contributed by atoms with Crippen molar-refractivity contribution < 1.29 is 0 Å². The molecule has 11 aromatic rings. The Morgan fingerprint density at radius 2 is 0.480 bits per heavy atom. The highest BCUT2D eigenvalue weighted by atomic mass is 32.1. The molecule has 1 aromatic heterocycles. The van der Waals surface area contributed by atoms with Gasteiger partial charge in [-0.05, 0) is 236 Å². The van der Waals surface area contributed by atoms with E-state index in [9.17, 15) is 0 Å². The van der Waals surface area contributed by atoms with E-state index in [0.29, 0.717) is 0 Å². The van der Waals surface area contributed by atoms with Crippen molar-refractivity contribution in [2.45, 2.75) is 395 Å². The van der Waals surface area contributed by atoms with Gasteiger partial charge in [-0.25, -0.2) is 0 Å². The number of aromatic nitrogens is 2. The topological polar surface area (TPSA) is 29.0 Å². The van der Waals surface area contributed by atoms with Gasteiger partial charge in [0.1, 0.15) is 11.0 Å². The summed E-state index contributed by atoms with van der Waals surface area (Å²) in [6.07, 6.45) is 60.1. The fourth-order valence-corrected chi connectivity index (χ4v) is 22.5. The molecule has 0 saturated heterocycles. The van der Waals surface area contributed by atoms with Gasteiger partial charge in [-0.15, -0.1) is 0 Å². The number of rotatable bonds is 50. The van der Waals surface area contributed by atoms with Crippen LogP contribution in [0.1, 0.15) is 403 Å². The number of benzene rings is 10. The Hall–Kier alpha value is -8.18. The zero-order valence-electron chi connectivity index (χ0n) is 80.5. The lowest BCUT2D eigenvalue weighted by atomic mass is 9.70. The molecule has 0 fully saturated rings. The monoisotopic (exact) mass is 1690 g/mol. The number of nitrogens with zero attached hydrogens (tertiary/aromatic N) is 3. The van der Waals surface area contributed by atoms with Gasteiger partial charge in [0.15, 0.2) is 0 Å². The summed E-state index contributed by atoms with van der Waals surface area (Å²) in [7, 11) is 0. The number of aryl methyl sites for hydroxylation is 7. The lowest BCUT2D eigenvalue weighted by Crippen LogP contribution is -2.25. The zero-order valence-corrected chi connectivity index (χ0v) is 81.4. The van der Waals surface area contributed by atoms with Crippen molar-refractivity contribution in [2.75, 3.05) is 4.90 Å². The van der Waals surface area contributed by atoms with Gasteiger partial charge in [-0.1, -0.05) is 459 Å². The van der Waals surface area contributed by atoms with Crippen LogP contribution < -0.4 is 4.90 Å². The van der Waals surface area contributed by atoms with Gasteiger partial charge in [0.05, 0.1) is 11.7 Å². The lowest BCUT2D eigenvalue weighted by Gasteiger charge is -2.33. The van der Waals surface area contributed by atoms with Crippen LogP contribution in [0.2, 0.25) is 0 Å². The molecule has 0 atom stereocenters. The number of hydrogen-bond donors (Lipinski definition) is 0. The molecule has 125 heavy (non-hydrogen) atoms. The molecule has 0 unspecified atom stereocenters. The third kappa shape index (κ3) is 24.2. The minimum absolute atomic E-state index is 0.0910. The van der Waals surface area contributed by atoms with E-state index in [1.807, 2.05) is 0 Å². The Balaban J connectivity index is 0.000000178. The molecule has 14 rings (SSSR count). The highest BCUT2D eigenvalue weighted by molar-refractivity contribution is 7.00. The predicted octanol–water partition coefficient (Wildman–Crippen LogP) is 38.4. The van der Waals surface area contributed by atoms with Crippen molar-refractivity contribution in [1.82, 2.24) is 8.75 Å². The van der Waals surface area contributed by atoms with Gasteiger partial charge in [0.2, 0.25) is 0 Å². The number of fused-ring (bicyclic) bond motifs is 10. The first kappa shape index (κ1) is 95.9. The number of anilines is 3. The van der Waals surface area contributed by atoms with Crippen LogP contribution in [0, 0.1) is 41.5 Å². The van der Waals surface area contributed by atoms with Crippen molar-refractivity contribution >= 4 is 39.8 Å².